The quantitative estimate of drug-likeness (QED) is 0.783. The summed E-state index contributed by atoms with van der Waals surface area (Å²) < 4.78 is 4.21. The van der Waals surface area contributed by atoms with E-state index in [0.29, 0.717) is 11.3 Å². The minimum atomic E-state index is -0.221. The molecule has 0 radical (unpaired) electrons. The molecule has 1 aliphatic rings. The molecule has 1 fully saturated rings. The van der Waals surface area contributed by atoms with Crippen LogP contribution in [0.3, 0.4) is 0 Å². The van der Waals surface area contributed by atoms with Gasteiger partial charge < -0.3 is 5.32 Å². The van der Waals surface area contributed by atoms with Gasteiger partial charge in [-0.2, -0.15) is 5.10 Å². The van der Waals surface area contributed by atoms with Crippen molar-refractivity contribution in [3.05, 3.63) is 33.7 Å². The molecule has 0 atom stereocenters. The van der Waals surface area contributed by atoms with E-state index in [1.54, 1.807) is 11.3 Å². The molecule has 1 amide bonds. The second-order valence-electron chi connectivity index (χ2n) is 7.07. The van der Waals surface area contributed by atoms with Crippen molar-refractivity contribution >= 4 is 33.0 Å². The van der Waals surface area contributed by atoms with Gasteiger partial charge in [0, 0.05) is 6.04 Å². The molecule has 4 rings (SSSR count). The smallest absolute Gasteiger partial charge is 0.291 e. The van der Waals surface area contributed by atoms with Crippen LogP contribution in [0, 0.1) is 12.8 Å². The van der Waals surface area contributed by atoms with E-state index < -0.39 is 0 Å². The highest BCUT2D eigenvalue weighted by Gasteiger charge is 2.21. The summed E-state index contributed by atoms with van der Waals surface area (Å²) in [6, 6.07) is 4.10. The van der Waals surface area contributed by atoms with E-state index in [2.05, 4.69) is 17.3 Å². The number of nitrogens with one attached hydrogen (secondary N) is 1. The van der Waals surface area contributed by atoms with Crippen LogP contribution in [0.1, 0.15) is 38.4 Å². The number of thiophene rings is 1. The number of hydrogen-bond donors (Lipinski definition) is 1. The molecule has 0 spiro atoms. The SMILES string of the molecule is Cc1nn(CC(=O)NC2CCC(C)CC2)c(=O)c2cc3sccc3n12. The van der Waals surface area contributed by atoms with E-state index >= 15 is 0 Å². The van der Waals surface area contributed by atoms with Crippen LogP contribution >= 0.6 is 11.3 Å². The Kier molecular flexibility index (Phi) is 4.11. The molecule has 3 aromatic rings. The zero-order valence-corrected chi connectivity index (χ0v) is 15.3. The Bertz CT molecular complexity index is 992. The third-order valence-corrected chi connectivity index (χ3v) is 5.99. The van der Waals surface area contributed by atoms with Crippen LogP contribution in [-0.4, -0.2) is 26.1 Å². The van der Waals surface area contributed by atoms with Crippen LogP contribution in [0.2, 0.25) is 0 Å². The molecule has 0 aliphatic heterocycles. The molecule has 1 aliphatic carbocycles. The molecule has 1 N–H and O–H groups in total. The Morgan fingerprint density at radius 3 is 2.84 bits per heavy atom. The molecule has 0 bridgehead atoms. The summed E-state index contributed by atoms with van der Waals surface area (Å²) in [5.41, 5.74) is 1.35. The lowest BCUT2D eigenvalue weighted by molar-refractivity contribution is -0.122. The number of nitrogens with zero attached hydrogens (tertiary/aromatic N) is 3. The van der Waals surface area contributed by atoms with Crippen molar-refractivity contribution < 1.29 is 4.79 Å². The van der Waals surface area contributed by atoms with Crippen LogP contribution in [0.15, 0.2) is 22.3 Å². The lowest BCUT2D eigenvalue weighted by Gasteiger charge is -2.26. The largest absolute Gasteiger partial charge is 0.352 e. The van der Waals surface area contributed by atoms with E-state index in [-0.39, 0.29) is 24.1 Å². The molecular formula is C18H22N4O2S. The number of rotatable bonds is 3. The fourth-order valence-electron chi connectivity index (χ4n) is 3.75. The third-order valence-electron chi connectivity index (χ3n) is 5.14. The van der Waals surface area contributed by atoms with Gasteiger partial charge in [0.1, 0.15) is 17.9 Å². The summed E-state index contributed by atoms with van der Waals surface area (Å²) in [5, 5.41) is 9.42. The van der Waals surface area contributed by atoms with Gasteiger partial charge in [-0.15, -0.1) is 11.3 Å². The first kappa shape index (κ1) is 16.3. The van der Waals surface area contributed by atoms with E-state index in [9.17, 15) is 9.59 Å². The number of aromatic nitrogens is 3. The predicted octanol–water partition coefficient (Wildman–Crippen LogP) is 2.71. The van der Waals surface area contributed by atoms with Gasteiger partial charge >= 0.3 is 0 Å². The summed E-state index contributed by atoms with van der Waals surface area (Å²) in [5.74, 6) is 1.32. The number of hydrogen-bond acceptors (Lipinski definition) is 4. The fraction of sp³-hybridized carbons (Fsp3) is 0.500. The summed E-state index contributed by atoms with van der Waals surface area (Å²) >= 11 is 1.60. The number of carbonyl (C=O) groups is 1. The first-order valence-electron chi connectivity index (χ1n) is 8.78. The van der Waals surface area contributed by atoms with Crippen molar-refractivity contribution in [3.8, 4) is 0 Å². The number of amides is 1. The van der Waals surface area contributed by atoms with E-state index in [0.717, 1.165) is 41.8 Å². The fourth-order valence-corrected chi connectivity index (χ4v) is 4.55. The molecule has 25 heavy (non-hydrogen) atoms. The second-order valence-corrected chi connectivity index (χ2v) is 8.02. The van der Waals surface area contributed by atoms with Crippen molar-refractivity contribution in [2.45, 2.75) is 52.1 Å². The standard InChI is InChI=1S/C18H22N4O2S/c1-11-3-5-13(6-4-11)19-17(23)10-21-18(24)15-9-16-14(7-8-25-16)22(15)12(2)20-21/h7-9,11,13H,3-6,10H2,1-2H3,(H,19,23). The van der Waals surface area contributed by atoms with E-state index in [1.807, 2.05) is 28.8 Å². The number of carbonyl (C=O) groups excluding carboxylic acids is 1. The normalized spacial score (nSPS) is 21.0. The molecule has 1 saturated carbocycles. The minimum Gasteiger partial charge on any atom is -0.352 e. The molecule has 0 unspecified atom stereocenters. The van der Waals surface area contributed by atoms with Crippen molar-refractivity contribution in [1.29, 1.82) is 0 Å². The summed E-state index contributed by atoms with van der Waals surface area (Å²) in [7, 11) is 0. The molecular weight excluding hydrogens is 336 g/mol. The van der Waals surface area contributed by atoms with Crippen LogP contribution in [-0.2, 0) is 11.3 Å². The molecule has 0 aromatic carbocycles. The summed E-state index contributed by atoms with van der Waals surface area (Å²) in [6.07, 6.45) is 4.33. The lowest BCUT2D eigenvalue weighted by Crippen LogP contribution is -2.41. The zero-order chi connectivity index (χ0) is 17.6. The molecule has 7 heteroatoms. The summed E-state index contributed by atoms with van der Waals surface area (Å²) in [6.45, 7) is 4.09. The average molecular weight is 358 g/mol. The highest BCUT2D eigenvalue weighted by atomic mass is 32.1. The average Bonchev–Trinajstić information content (AvgIpc) is 3.15. The van der Waals surface area contributed by atoms with Gasteiger partial charge in [0.25, 0.3) is 5.56 Å². The van der Waals surface area contributed by atoms with Crippen molar-refractivity contribution in [2.75, 3.05) is 0 Å². The number of aryl methyl sites for hydroxylation is 1. The highest BCUT2D eigenvalue weighted by molar-refractivity contribution is 7.17. The number of fused-ring (bicyclic) bond motifs is 3. The molecule has 3 aromatic heterocycles. The van der Waals surface area contributed by atoms with Crippen LogP contribution < -0.4 is 10.9 Å². The molecule has 3 heterocycles. The minimum absolute atomic E-state index is 0.0267. The van der Waals surface area contributed by atoms with Gasteiger partial charge in [-0.1, -0.05) is 6.92 Å². The van der Waals surface area contributed by atoms with Gasteiger partial charge in [0.15, 0.2) is 0 Å². The third kappa shape index (κ3) is 2.97. The Morgan fingerprint density at radius 2 is 2.08 bits per heavy atom. The Hall–Kier alpha value is -2.15. The Labute approximate surface area is 149 Å². The van der Waals surface area contributed by atoms with E-state index in [4.69, 9.17) is 0 Å². The van der Waals surface area contributed by atoms with Crippen molar-refractivity contribution in [1.82, 2.24) is 19.5 Å². The first-order valence-corrected chi connectivity index (χ1v) is 9.66. The van der Waals surface area contributed by atoms with Crippen LogP contribution in [0.4, 0.5) is 0 Å². The first-order chi connectivity index (χ1) is 12.0. The van der Waals surface area contributed by atoms with Gasteiger partial charge in [-0.3, -0.25) is 14.0 Å². The van der Waals surface area contributed by atoms with Gasteiger partial charge in [-0.05, 0) is 56.0 Å². The van der Waals surface area contributed by atoms with Gasteiger partial charge in [-0.25, -0.2) is 4.68 Å². The Balaban J connectivity index is 1.58. The maximum Gasteiger partial charge on any atom is 0.291 e. The lowest BCUT2D eigenvalue weighted by atomic mass is 9.87. The monoisotopic (exact) mass is 358 g/mol. The van der Waals surface area contributed by atoms with Crippen molar-refractivity contribution in [3.63, 3.8) is 0 Å². The second kappa shape index (κ2) is 6.29. The topological polar surface area (TPSA) is 68.4 Å². The van der Waals surface area contributed by atoms with Crippen molar-refractivity contribution in [2.24, 2.45) is 5.92 Å². The molecule has 0 saturated heterocycles. The summed E-state index contributed by atoms with van der Waals surface area (Å²) in [4.78, 5) is 25.1. The van der Waals surface area contributed by atoms with Gasteiger partial charge in [0.05, 0.1) is 10.2 Å². The highest BCUT2D eigenvalue weighted by Crippen LogP contribution is 2.25. The van der Waals surface area contributed by atoms with Crippen LogP contribution in [0.25, 0.3) is 15.7 Å². The van der Waals surface area contributed by atoms with Gasteiger partial charge in [0.2, 0.25) is 5.91 Å². The molecule has 132 valence electrons. The maximum atomic E-state index is 12.7. The van der Waals surface area contributed by atoms with E-state index in [1.165, 1.54) is 4.68 Å². The van der Waals surface area contributed by atoms with Crippen LogP contribution in [0.5, 0.6) is 0 Å². The zero-order valence-electron chi connectivity index (χ0n) is 14.5. The Morgan fingerprint density at radius 1 is 1.32 bits per heavy atom. The maximum absolute atomic E-state index is 12.7. The molecule has 6 nitrogen and oxygen atoms in total. The predicted molar refractivity (Wildman–Crippen MR) is 99.1 cm³/mol.